The number of aromatic nitrogens is 1. The molecule has 0 bridgehead atoms. The Labute approximate surface area is 96.7 Å². The van der Waals surface area contributed by atoms with E-state index in [1.54, 1.807) is 18.3 Å². The first-order chi connectivity index (χ1) is 7.70. The minimum atomic E-state index is -0.299. The predicted octanol–water partition coefficient (Wildman–Crippen LogP) is 2.93. The molecule has 0 saturated carbocycles. The summed E-state index contributed by atoms with van der Waals surface area (Å²) in [5.74, 6) is 0.345. The molecule has 16 heavy (non-hydrogen) atoms. The molecule has 2 aromatic rings. The first-order valence-electron chi connectivity index (χ1n) is 4.84. The molecule has 1 aromatic heterocycles. The van der Waals surface area contributed by atoms with Crippen LogP contribution in [0, 0.1) is 5.82 Å². The molecule has 1 aromatic carbocycles. The van der Waals surface area contributed by atoms with E-state index in [1.165, 1.54) is 17.4 Å². The van der Waals surface area contributed by atoms with E-state index in [0.29, 0.717) is 27.9 Å². The zero-order chi connectivity index (χ0) is 11.5. The highest BCUT2D eigenvalue weighted by Crippen LogP contribution is 2.31. The van der Waals surface area contributed by atoms with E-state index in [2.05, 4.69) is 4.98 Å². The van der Waals surface area contributed by atoms with Gasteiger partial charge >= 0.3 is 0 Å². The molecule has 0 radical (unpaired) electrons. The molecule has 84 valence electrons. The Morgan fingerprint density at radius 2 is 2.31 bits per heavy atom. The lowest BCUT2D eigenvalue weighted by molar-refractivity contribution is 0.340. The Hall–Kier alpha value is -1.62. The number of nitrogens with zero attached hydrogens (tertiary/aromatic N) is 1. The summed E-state index contributed by atoms with van der Waals surface area (Å²) < 4.78 is 18.9. The molecular formula is C11H11FN2OS. The van der Waals surface area contributed by atoms with Crippen LogP contribution in [0.4, 0.5) is 9.52 Å². The summed E-state index contributed by atoms with van der Waals surface area (Å²) in [5.41, 5.74) is 5.99. The second kappa shape index (κ2) is 4.49. The highest BCUT2D eigenvalue weighted by atomic mass is 32.1. The van der Waals surface area contributed by atoms with Gasteiger partial charge in [-0.05, 0) is 25.1 Å². The van der Waals surface area contributed by atoms with Crippen molar-refractivity contribution in [2.45, 2.75) is 6.92 Å². The average molecular weight is 238 g/mol. The molecule has 0 fully saturated rings. The van der Waals surface area contributed by atoms with Crippen LogP contribution in [0.25, 0.3) is 10.4 Å². The molecule has 0 aliphatic carbocycles. The van der Waals surface area contributed by atoms with E-state index in [-0.39, 0.29) is 5.82 Å². The third kappa shape index (κ3) is 2.14. The maximum Gasteiger partial charge on any atom is 0.180 e. The Bertz CT molecular complexity index is 498. The SMILES string of the molecule is CCOc1ccc(F)c(-c2cnc(N)s2)c1. The minimum absolute atomic E-state index is 0.299. The van der Waals surface area contributed by atoms with Crippen LogP contribution in [-0.2, 0) is 0 Å². The van der Waals surface area contributed by atoms with Crippen LogP contribution >= 0.6 is 11.3 Å². The van der Waals surface area contributed by atoms with E-state index in [0.717, 1.165) is 0 Å². The van der Waals surface area contributed by atoms with E-state index in [4.69, 9.17) is 10.5 Å². The van der Waals surface area contributed by atoms with E-state index in [1.807, 2.05) is 6.92 Å². The van der Waals surface area contributed by atoms with Gasteiger partial charge in [-0.1, -0.05) is 11.3 Å². The maximum atomic E-state index is 13.6. The molecule has 0 aliphatic heterocycles. The number of ether oxygens (including phenoxy) is 1. The summed E-state index contributed by atoms with van der Waals surface area (Å²) in [7, 11) is 0. The maximum absolute atomic E-state index is 13.6. The zero-order valence-electron chi connectivity index (χ0n) is 8.74. The van der Waals surface area contributed by atoms with Crippen molar-refractivity contribution < 1.29 is 9.13 Å². The highest BCUT2D eigenvalue weighted by molar-refractivity contribution is 7.18. The molecule has 0 atom stereocenters. The molecule has 2 rings (SSSR count). The number of anilines is 1. The molecule has 1 heterocycles. The van der Waals surface area contributed by atoms with Crippen molar-refractivity contribution in [1.29, 1.82) is 0 Å². The smallest absolute Gasteiger partial charge is 0.180 e. The van der Waals surface area contributed by atoms with Crippen LogP contribution in [-0.4, -0.2) is 11.6 Å². The van der Waals surface area contributed by atoms with E-state index in [9.17, 15) is 4.39 Å². The quantitative estimate of drug-likeness (QED) is 0.894. The van der Waals surface area contributed by atoms with Crippen LogP contribution in [0.3, 0.4) is 0 Å². The van der Waals surface area contributed by atoms with Crippen molar-refractivity contribution in [2.75, 3.05) is 12.3 Å². The zero-order valence-corrected chi connectivity index (χ0v) is 9.55. The van der Waals surface area contributed by atoms with Crippen LogP contribution in [0.5, 0.6) is 5.75 Å². The fourth-order valence-electron chi connectivity index (χ4n) is 1.36. The Morgan fingerprint density at radius 1 is 1.50 bits per heavy atom. The summed E-state index contributed by atoms with van der Waals surface area (Å²) in [6, 6.07) is 4.65. The molecule has 0 amide bonds. The van der Waals surface area contributed by atoms with Crippen LogP contribution in [0.2, 0.25) is 0 Å². The topological polar surface area (TPSA) is 48.1 Å². The van der Waals surface area contributed by atoms with Gasteiger partial charge in [0.1, 0.15) is 11.6 Å². The molecule has 0 aliphatic rings. The van der Waals surface area contributed by atoms with Crippen molar-refractivity contribution in [3.05, 3.63) is 30.2 Å². The predicted molar refractivity (Wildman–Crippen MR) is 63.1 cm³/mol. The number of halogens is 1. The Morgan fingerprint density at radius 3 is 2.94 bits per heavy atom. The van der Waals surface area contributed by atoms with Gasteiger partial charge in [-0.15, -0.1) is 0 Å². The van der Waals surface area contributed by atoms with Gasteiger partial charge in [-0.25, -0.2) is 9.37 Å². The monoisotopic (exact) mass is 238 g/mol. The summed E-state index contributed by atoms with van der Waals surface area (Å²) in [6.07, 6.45) is 1.56. The fraction of sp³-hybridized carbons (Fsp3) is 0.182. The van der Waals surface area contributed by atoms with Gasteiger partial charge in [0.25, 0.3) is 0 Å². The van der Waals surface area contributed by atoms with Crippen molar-refractivity contribution in [2.24, 2.45) is 0 Å². The average Bonchev–Trinajstić information content (AvgIpc) is 2.68. The second-order valence-electron chi connectivity index (χ2n) is 3.14. The molecule has 0 saturated heterocycles. The number of rotatable bonds is 3. The highest BCUT2D eigenvalue weighted by Gasteiger charge is 2.09. The number of hydrogen-bond acceptors (Lipinski definition) is 4. The van der Waals surface area contributed by atoms with Crippen molar-refractivity contribution >= 4 is 16.5 Å². The van der Waals surface area contributed by atoms with Gasteiger partial charge in [-0.3, -0.25) is 0 Å². The summed E-state index contributed by atoms with van der Waals surface area (Å²) in [5, 5.41) is 0.427. The standard InChI is InChI=1S/C11H11FN2OS/c1-2-15-7-3-4-9(12)8(5-7)10-6-14-11(13)16-10/h3-6H,2H2,1H3,(H2,13,14). The number of thiazole rings is 1. The molecule has 3 nitrogen and oxygen atoms in total. The van der Waals surface area contributed by atoms with E-state index >= 15 is 0 Å². The van der Waals surface area contributed by atoms with Crippen LogP contribution in [0.15, 0.2) is 24.4 Å². The Balaban J connectivity index is 2.42. The van der Waals surface area contributed by atoms with Gasteiger partial charge in [0, 0.05) is 11.8 Å². The molecule has 5 heteroatoms. The third-order valence-electron chi connectivity index (χ3n) is 2.04. The lowest BCUT2D eigenvalue weighted by Crippen LogP contribution is -1.92. The molecular weight excluding hydrogens is 227 g/mol. The minimum Gasteiger partial charge on any atom is -0.494 e. The Kier molecular flexibility index (Phi) is 3.05. The van der Waals surface area contributed by atoms with Crippen LogP contribution in [0.1, 0.15) is 6.92 Å². The second-order valence-corrected chi connectivity index (χ2v) is 4.20. The largest absolute Gasteiger partial charge is 0.494 e. The lowest BCUT2D eigenvalue weighted by Gasteiger charge is -2.05. The van der Waals surface area contributed by atoms with Crippen LogP contribution < -0.4 is 10.5 Å². The lowest BCUT2D eigenvalue weighted by atomic mass is 10.2. The van der Waals surface area contributed by atoms with Gasteiger partial charge in [-0.2, -0.15) is 0 Å². The normalized spacial score (nSPS) is 10.4. The number of benzene rings is 1. The number of hydrogen-bond donors (Lipinski definition) is 1. The molecule has 2 N–H and O–H groups in total. The molecule has 0 spiro atoms. The molecule has 0 unspecified atom stereocenters. The van der Waals surface area contributed by atoms with Crippen molar-refractivity contribution in [1.82, 2.24) is 4.98 Å². The summed E-state index contributed by atoms with van der Waals surface area (Å²) in [4.78, 5) is 4.60. The van der Waals surface area contributed by atoms with Crippen molar-refractivity contribution in [3.8, 4) is 16.2 Å². The summed E-state index contributed by atoms with van der Waals surface area (Å²) >= 11 is 1.25. The van der Waals surface area contributed by atoms with Gasteiger partial charge < -0.3 is 10.5 Å². The first-order valence-corrected chi connectivity index (χ1v) is 5.66. The van der Waals surface area contributed by atoms with Gasteiger partial charge in [0.15, 0.2) is 5.13 Å². The van der Waals surface area contributed by atoms with Gasteiger partial charge in [0.2, 0.25) is 0 Å². The van der Waals surface area contributed by atoms with E-state index < -0.39 is 0 Å². The third-order valence-corrected chi connectivity index (χ3v) is 2.90. The fourth-order valence-corrected chi connectivity index (χ4v) is 2.06. The number of nitrogens with two attached hydrogens (primary N) is 1. The number of nitrogen functional groups attached to an aromatic ring is 1. The van der Waals surface area contributed by atoms with Gasteiger partial charge in [0.05, 0.1) is 11.5 Å². The first kappa shape index (κ1) is 10.9. The van der Waals surface area contributed by atoms with Crippen molar-refractivity contribution in [3.63, 3.8) is 0 Å². The summed E-state index contributed by atoms with van der Waals surface area (Å²) in [6.45, 7) is 2.43.